The second kappa shape index (κ2) is 5.31. The molecular weight excluding hydrogens is 218 g/mol. The van der Waals surface area contributed by atoms with Gasteiger partial charge in [-0.1, -0.05) is 6.92 Å². The fraction of sp³-hybridized carbons (Fsp3) is 0.667. The summed E-state index contributed by atoms with van der Waals surface area (Å²) >= 11 is 0. The standard InChI is InChI=1S/C12H19N3O2/c1-2-10-8-15(12(17)14-11(10)16)6-5-13-7-9-3-4-9/h8-9,13H,2-7H2,1H3,(H,14,16,17). The highest BCUT2D eigenvalue weighted by Gasteiger charge is 2.19. The third-order valence-electron chi connectivity index (χ3n) is 3.12. The highest BCUT2D eigenvalue weighted by atomic mass is 16.2. The van der Waals surface area contributed by atoms with Crippen LogP contribution in [0.1, 0.15) is 25.3 Å². The van der Waals surface area contributed by atoms with Crippen LogP contribution in [-0.2, 0) is 13.0 Å². The summed E-state index contributed by atoms with van der Waals surface area (Å²) in [5.41, 5.74) is 0.0758. The lowest BCUT2D eigenvalue weighted by Crippen LogP contribution is -2.34. The molecule has 1 fully saturated rings. The Morgan fingerprint density at radius 2 is 2.24 bits per heavy atom. The van der Waals surface area contributed by atoms with E-state index in [1.807, 2.05) is 6.92 Å². The average molecular weight is 237 g/mol. The number of aryl methyl sites for hydroxylation is 1. The highest BCUT2D eigenvalue weighted by Crippen LogP contribution is 2.27. The number of H-pyrrole nitrogens is 1. The van der Waals surface area contributed by atoms with Gasteiger partial charge in [-0.25, -0.2) is 4.79 Å². The molecule has 0 aromatic carbocycles. The van der Waals surface area contributed by atoms with Crippen LogP contribution in [0.5, 0.6) is 0 Å². The summed E-state index contributed by atoms with van der Waals surface area (Å²) in [6.07, 6.45) is 4.96. The average Bonchev–Trinajstić information content (AvgIpc) is 3.10. The summed E-state index contributed by atoms with van der Waals surface area (Å²) in [7, 11) is 0. The molecule has 0 unspecified atom stereocenters. The molecule has 1 heterocycles. The van der Waals surface area contributed by atoms with Gasteiger partial charge in [-0.05, 0) is 31.7 Å². The van der Waals surface area contributed by atoms with E-state index in [1.54, 1.807) is 10.8 Å². The van der Waals surface area contributed by atoms with Gasteiger partial charge in [-0.2, -0.15) is 0 Å². The van der Waals surface area contributed by atoms with E-state index in [4.69, 9.17) is 0 Å². The number of hydrogen-bond acceptors (Lipinski definition) is 3. The lowest BCUT2D eigenvalue weighted by Gasteiger charge is -2.07. The fourth-order valence-electron chi connectivity index (χ4n) is 1.80. The van der Waals surface area contributed by atoms with Gasteiger partial charge in [0.2, 0.25) is 0 Å². The maximum atomic E-state index is 11.5. The Kier molecular flexibility index (Phi) is 3.78. The maximum absolute atomic E-state index is 11.5. The van der Waals surface area contributed by atoms with E-state index >= 15 is 0 Å². The molecule has 0 bridgehead atoms. The monoisotopic (exact) mass is 237 g/mol. The lowest BCUT2D eigenvalue weighted by molar-refractivity contribution is 0.555. The first kappa shape index (κ1) is 12.1. The molecule has 0 spiro atoms. The first-order chi connectivity index (χ1) is 8.20. The Bertz CT molecular complexity index is 485. The Labute approximate surface area is 99.9 Å². The van der Waals surface area contributed by atoms with Crippen LogP contribution in [0, 0.1) is 5.92 Å². The Morgan fingerprint density at radius 3 is 2.88 bits per heavy atom. The number of nitrogens with one attached hydrogen (secondary N) is 2. The van der Waals surface area contributed by atoms with Crippen LogP contribution < -0.4 is 16.6 Å². The van der Waals surface area contributed by atoms with E-state index < -0.39 is 0 Å². The maximum Gasteiger partial charge on any atom is 0.328 e. The summed E-state index contributed by atoms with van der Waals surface area (Å²) in [6, 6.07) is 0. The highest BCUT2D eigenvalue weighted by molar-refractivity contribution is 5.03. The number of nitrogens with zero attached hydrogens (tertiary/aromatic N) is 1. The summed E-state index contributed by atoms with van der Waals surface area (Å²) in [5.74, 6) is 0.841. The molecule has 5 nitrogen and oxygen atoms in total. The second-order valence-electron chi connectivity index (χ2n) is 4.61. The van der Waals surface area contributed by atoms with E-state index in [9.17, 15) is 9.59 Å². The van der Waals surface area contributed by atoms with Crippen molar-refractivity contribution < 1.29 is 0 Å². The summed E-state index contributed by atoms with van der Waals surface area (Å²) in [4.78, 5) is 25.2. The van der Waals surface area contributed by atoms with Crippen LogP contribution in [0.3, 0.4) is 0 Å². The zero-order valence-corrected chi connectivity index (χ0v) is 10.2. The van der Waals surface area contributed by atoms with Crippen molar-refractivity contribution in [1.82, 2.24) is 14.9 Å². The Balaban J connectivity index is 1.94. The third kappa shape index (κ3) is 3.30. The molecule has 5 heteroatoms. The molecular formula is C12H19N3O2. The topological polar surface area (TPSA) is 66.9 Å². The van der Waals surface area contributed by atoms with Gasteiger partial charge in [0, 0.05) is 24.8 Å². The van der Waals surface area contributed by atoms with Gasteiger partial charge in [0.25, 0.3) is 5.56 Å². The van der Waals surface area contributed by atoms with E-state index in [-0.39, 0.29) is 11.2 Å². The molecule has 0 radical (unpaired) electrons. The van der Waals surface area contributed by atoms with Crippen LogP contribution in [0.4, 0.5) is 0 Å². The van der Waals surface area contributed by atoms with Gasteiger partial charge in [0.1, 0.15) is 0 Å². The van der Waals surface area contributed by atoms with Crippen LogP contribution in [0.25, 0.3) is 0 Å². The van der Waals surface area contributed by atoms with Crippen molar-refractivity contribution in [1.29, 1.82) is 0 Å². The van der Waals surface area contributed by atoms with Gasteiger partial charge < -0.3 is 5.32 Å². The molecule has 1 aliphatic carbocycles. The molecule has 1 aliphatic rings. The second-order valence-corrected chi connectivity index (χ2v) is 4.61. The summed E-state index contributed by atoms with van der Waals surface area (Å²) < 4.78 is 1.57. The minimum absolute atomic E-state index is 0.264. The van der Waals surface area contributed by atoms with Crippen molar-refractivity contribution >= 4 is 0 Å². The first-order valence-electron chi connectivity index (χ1n) is 6.24. The van der Waals surface area contributed by atoms with Crippen molar-refractivity contribution in [3.63, 3.8) is 0 Å². The summed E-state index contributed by atoms with van der Waals surface area (Å²) in [5, 5.41) is 3.32. The van der Waals surface area contributed by atoms with Crippen molar-refractivity contribution in [3.8, 4) is 0 Å². The number of aromatic amines is 1. The Morgan fingerprint density at radius 1 is 1.47 bits per heavy atom. The van der Waals surface area contributed by atoms with Crippen LogP contribution >= 0.6 is 0 Å². The molecule has 1 saturated carbocycles. The molecule has 1 aromatic rings. The van der Waals surface area contributed by atoms with Crippen LogP contribution in [0.2, 0.25) is 0 Å². The van der Waals surface area contributed by atoms with Gasteiger partial charge in [-0.3, -0.25) is 14.3 Å². The molecule has 0 amide bonds. The van der Waals surface area contributed by atoms with Gasteiger partial charge >= 0.3 is 5.69 Å². The molecule has 17 heavy (non-hydrogen) atoms. The van der Waals surface area contributed by atoms with E-state index in [2.05, 4.69) is 10.3 Å². The zero-order valence-electron chi connectivity index (χ0n) is 10.2. The van der Waals surface area contributed by atoms with Crippen LogP contribution in [-0.4, -0.2) is 22.6 Å². The van der Waals surface area contributed by atoms with E-state index in [1.165, 1.54) is 12.8 Å². The van der Waals surface area contributed by atoms with Crippen molar-refractivity contribution in [3.05, 3.63) is 32.6 Å². The number of hydrogen-bond donors (Lipinski definition) is 2. The van der Waals surface area contributed by atoms with Gasteiger partial charge in [-0.15, -0.1) is 0 Å². The minimum atomic E-state index is -0.319. The lowest BCUT2D eigenvalue weighted by atomic mass is 10.2. The normalized spacial score (nSPS) is 15.1. The van der Waals surface area contributed by atoms with Gasteiger partial charge in [0.15, 0.2) is 0 Å². The summed E-state index contributed by atoms with van der Waals surface area (Å²) in [6.45, 7) is 4.32. The van der Waals surface area contributed by atoms with Crippen molar-refractivity contribution in [2.45, 2.75) is 32.7 Å². The van der Waals surface area contributed by atoms with E-state index in [0.717, 1.165) is 19.0 Å². The quantitative estimate of drug-likeness (QED) is 0.690. The molecule has 2 N–H and O–H groups in total. The molecule has 1 aromatic heterocycles. The molecule has 0 aliphatic heterocycles. The predicted molar refractivity (Wildman–Crippen MR) is 66.3 cm³/mol. The third-order valence-corrected chi connectivity index (χ3v) is 3.12. The molecule has 94 valence electrons. The number of rotatable bonds is 6. The first-order valence-corrected chi connectivity index (χ1v) is 6.24. The number of aromatic nitrogens is 2. The van der Waals surface area contributed by atoms with E-state index in [0.29, 0.717) is 18.5 Å². The molecule has 0 saturated heterocycles. The molecule has 0 atom stereocenters. The smallest absolute Gasteiger partial charge is 0.315 e. The Hall–Kier alpha value is -1.36. The predicted octanol–water partition coefficient (Wildman–Crippen LogP) is 0.0986. The zero-order chi connectivity index (χ0) is 12.3. The van der Waals surface area contributed by atoms with Gasteiger partial charge in [0.05, 0.1) is 0 Å². The van der Waals surface area contributed by atoms with Crippen molar-refractivity contribution in [2.24, 2.45) is 5.92 Å². The van der Waals surface area contributed by atoms with Crippen molar-refractivity contribution in [2.75, 3.05) is 13.1 Å². The fourth-order valence-corrected chi connectivity index (χ4v) is 1.80. The SMILES string of the molecule is CCc1cn(CCNCC2CC2)c(=O)[nH]c1=O. The largest absolute Gasteiger partial charge is 0.328 e. The minimum Gasteiger partial charge on any atom is -0.315 e. The van der Waals surface area contributed by atoms with Crippen LogP contribution in [0.15, 0.2) is 15.8 Å². The molecule has 2 rings (SSSR count).